The first-order valence-electron chi connectivity index (χ1n) is 7.46. The van der Waals surface area contributed by atoms with Gasteiger partial charge in [0, 0.05) is 16.9 Å². The molecule has 0 saturated carbocycles. The van der Waals surface area contributed by atoms with Crippen molar-refractivity contribution in [2.24, 2.45) is 0 Å². The Morgan fingerprint density at radius 3 is 2.70 bits per heavy atom. The summed E-state index contributed by atoms with van der Waals surface area (Å²) in [4.78, 5) is 13.4. The van der Waals surface area contributed by atoms with Crippen LogP contribution in [0.4, 0.5) is 5.00 Å². The van der Waals surface area contributed by atoms with E-state index in [1.165, 1.54) is 11.3 Å². The Morgan fingerprint density at radius 2 is 2.04 bits per heavy atom. The maximum Gasteiger partial charge on any atom is 0.256 e. The molecule has 1 aromatic heterocycles. The van der Waals surface area contributed by atoms with Gasteiger partial charge in [-0.2, -0.15) is 5.26 Å². The second-order valence-electron chi connectivity index (χ2n) is 6.37. The highest BCUT2D eigenvalue weighted by atomic mass is 32.1. The van der Waals surface area contributed by atoms with Gasteiger partial charge in [0.05, 0.1) is 17.8 Å². The van der Waals surface area contributed by atoms with E-state index in [1.807, 2.05) is 32.9 Å². The molecule has 0 aliphatic carbocycles. The first-order valence-corrected chi connectivity index (χ1v) is 8.28. The molecule has 2 aromatic rings. The summed E-state index contributed by atoms with van der Waals surface area (Å²) in [6.45, 7) is 6.49. The number of hydrogen-bond donors (Lipinski definition) is 1. The summed E-state index contributed by atoms with van der Waals surface area (Å²) in [5.41, 5.74) is 2.99. The van der Waals surface area contributed by atoms with Crippen molar-refractivity contribution in [3.8, 4) is 6.07 Å². The summed E-state index contributed by atoms with van der Waals surface area (Å²) in [7, 11) is 0. The fraction of sp³-hybridized carbons (Fsp3) is 0.333. The lowest BCUT2D eigenvalue weighted by Crippen LogP contribution is -2.31. The molecule has 118 valence electrons. The number of nitriles is 1. The molecule has 1 aliphatic rings. The number of hydrogen-bond acceptors (Lipinski definition) is 4. The quantitative estimate of drug-likeness (QED) is 0.906. The van der Waals surface area contributed by atoms with Crippen LogP contribution in [0.5, 0.6) is 0 Å². The molecule has 1 aromatic carbocycles. The van der Waals surface area contributed by atoms with Crippen LogP contribution in [0.15, 0.2) is 24.3 Å². The third kappa shape index (κ3) is 3.14. The van der Waals surface area contributed by atoms with Gasteiger partial charge in [0.1, 0.15) is 11.1 Å². The molecule has 1 N–H and O–H groups in total. The van der Waals surface area contributed by atoms with E-state index >= 15 is 0 Å². The molecule has 0 saturated heterocycles. The van der Waals surface area contributed by atoms with Gasteiger partial charge in [-0.25, -0.2) is 0 Å². The van der Waals surface area contributed by atoms with E-state index in [2.05, 4.69) is 11.4 Å². The highest BCUT2D eigenvalue weighted by Crippen LogP contribution is 2.40. The number of ether oxygens (including phenoxy) is 1. The van der Waals surface area contributed by atoms with E-state index < -0.39 is 0 Å². The number of nitrogens with zero attached hydrogens (tertiary/aromatic N) is 1. The van der Waals surface area contributed by atoms with E-state index in [0.29, 0.717) is 29.2 Å². The van der Waals surface area contributed by atoms with Crippen molar-refractivity contribution in [2.45, 2.75) is 39.4 Å². The monoisotopic (exact) mass is 326 g/mol. The van der Waals surface area contributed by atoms with Gasteiger partial charge in [-0.05, 0) is 38.5 Å². The van der Waals surface area contributed by atoms with Gasteiger partial charge in [-0.3, -0.25) is 4.79 Å². The number of carbonyl (C=O) groups excluding carboxylic acids is 1. The van der Waals surface area contributed by atoms with E-state index in [-0.39, 0.29) is 11.5 Å². The zero-order valence-electron chi connectivity index (χ0n) is 13.4. The average molecular weight is 326 g/mol. The third-order valence-corrected chi connectivity index (χ3v) is 5.06. The summed E-state index contributed by atoms with van der Waals surface area (Å²) in [6, 6.07) is 9.62. The SMILES string of the molecule is Cc1ccc(C(=O)Nc2sc3c(c2C#N)CC(C)(C)OC3)cc1. The molecule has 0 unspecified atom stereocenters. The molecule has 0 spiro atoms. The Kier molecular flexibility index (Phi) is 3.97. The van der Waals surface area contributed by atoms with E-state index in [1.54, 1.807) is 12.1 Å². The predicted octanol–water partition coefficient (Wildman–Crippen LogP) is 4.03. The number of anilines is 1. The summed E-state index contributed by atoms with van der Waals surface area (Å²) in [5, 5.41) is 13.0. The number of amides is 1. The lowest BCUT2D eigenvalue weighted by Gasteiger charge is -2.29. The molecule has 0 atom stereocenters. The molecule has 0 radical (unpaired) electrons. The molecule has 4 nitrogen and oxygen atoms in total. The second-order valence-corrected chi connectivity index (χ2v) is 7.47. The van der Waals surface area contributed by atoms with Gasteiger partial charge in [0.15, 0.2) is 0 Å². The number of thiophene rings is 1. The summed E-state index contributed by atoms with van der Waals surface area (Å²) in [5.74, 6) is -0.194. The number of aryl methyl sites for hydroxylation is 1. The Morgan fingerprint density at radius 1 is 1.35 bits per heavy atom. The molecule has 0 bridgehead atoms. The fourth-order valence-corrected chi connectivity index (χ4v) is 3.72. The minimum Gasteiger partial charge on any atom is -0.370 e. The summed E-state index contributed by atoms with van der Waals surface area (Å²) in [6.07, 6.45) is 0.683. The summed E-state index contributed by atoms with van der Waals surface area (Å²) < 4.78 is 5.80. The highest BCUT2D eigenvalue weighted by molar-refractivity contribution is 7.16. The molecule has 2 heterocycles. The number of benzene rings is 1. The van der Waals surface area contributed by atoms with E-state index in [0.717, 1.165) is 16.0 Å². The number of nitrogens with one attached hydrogen (secondary N) is 1. The lowest BCUT2D eigenvalue weighted by molar-refractivity contribution is -0.0383. The van der Waals surface area contributed by atoms with Crippen LogP contribution in [0.2, 0.25) is 0 Å². The molecular weight excluding hydrogens is 308 g/mol. The maximum absolute atomic E-state index is 12.4. The van der Waals surface area contributed by atoms with Crippen molar-refractivity contribution in [2.75, 3.05) is 5.32 Å². The lowest BCUT2D eigenvalue weighted by atomic mass is 9.93. The zero-order chi connectivity index (χ0) is 16.6. The molecular formula is C18H18N2O2S. The number of carbonyl (C=O) groups is 1. The zero-order valence-corrected chi connectivity index (χ0v) is 14.2. The standard InChI is InChI=1S/C18H18N2O2S/c1-11-4-6-12(7-5-11)16(21)20-17-14(9-19)13-8-18(2,3)22-10-15(13)23-17/h4-7H,8,10H2,1-3H3,(H,20,21). The highest BCUT2D eigenvalue weighted by Gasteiger charge is 2.31. The van der Waals surface area contributed by atoms with Crippen molar-refractivity contribution < 1.29 is 9.53 Å². The second kappa shape index (κ2) is 5.80. The van der Waals surface area contributed by atoms with Crippen LogP contribution in [-0.4, -0.2) is 11.5 Å². The average Bonchev–Trinajstić information content (AvgIpc) is 2.83. The molecule has 1 aliphatic heterocycles. The number of rotatable bonds is 2. The van der Waals surface area contributed by atoms with Crippen LogP contribution in [0.1, 0.15) is 45.8 Å². The van der Waals surface area contributed by atoms with Crippen molar-refractivity contribution in [3.63, 3.8) is 0 Å². The van der Waals surface area contributed by atoms with Crippen LogP contribution in [0.25, 0.3) is 0 Å². The summed E-state index contributed by atoms with van der Waals surface area (Å²) >= 11 is 1.43. The first kappa shape index (κ1) is 15.7. The van der Waals surface area contributed by atoms with Gasteiger partial charge < -0.3 is 10.1 Å². The Balaban J connectivity index is 1.89. The molecule has 23 heavy (non-hydrogen) atoms. The van der Waals surface area contributed by atoms with Crippen LogP contribution < -0.4 is 5.32 Å². The van der Waals surface area contributed by atoms with Crippen LogP contribution in [0.3, 0.4) is 0 Å². The van der Waals surface area contributed by atoms with Gasteiger partial charge in [0.2, 0.25) is 0 Å². The smallest absolute Gasteiger partial charge is 0.256 e. The largest absolute Gasteiger partial charge is 0.370 e. The maximum atomic E-state index is 12.4. The Labute approximate surface area is 139 Å². The Hall–Kier alpha value is -2.16. The van der Waals surface area contributed by atoms with Gasteiger partial charge in [-0.15, -0.1) is 11.3 Å². The third-order valence-electron chi connectivity index (χ3n) is 3.94. The minimum absolute atomic E-state index is 0.194. The van der Waals surface area contributed by atoms with Crippen molar-refractivity contribution in [1.29, 1.82) is 5.26 Å². The van der Waals surface area contributed by atoms with Crippen molar-refractivity contribution in [3.05, 3.63) is 51.4 Å². The van der Waals surface area contributed by atoms with E-state index in [9.17, 15) is 10.1 Å². The molecule has 5 heteroatoms. The molecule has 3 rings (SSSR count). The Bertz CT molecular complexity index is 798. The van der Waals surface area contributed by atoms with Crippen molar-refractivity contribution >= 4 is 22.2 Å². The molecule has 0 fully saturated rings. The van der Waals surface area contributed by atoms with Gasteiger partial charge in [-0.1, -0.05) is 17.7 Å². The van der Waals surface area contributed by atoms with E-state index in [4.69, 9.17) is 4.74 Å². The van der Waals surface area contributed by atoms with Crippen LogP contribution in [0, 0.1) is 18.3 Å². The normalized spacial score (nSPS) is 15.6. The fourth-order valence-electron chi connectivity index (χ4n) is 2.64. The topological polar surface area (TPSA) is 62.1 Å². The van der Waals surface area contributed by atoms with Crippen molar-refractivity contribution in [1.82, 2.24) is 0 Å². The first-order chi connectivity index (χ1) is 10.9. The van der Waals surface area contributed by atoms with Gasteiger partial charge in [0.25, 0.3) is 5.91 Å². The van der Waals surface area contributed by atoms with Crippen LogP contribution in [-0.2, 0) is 17.8 Å². The van der Waals surface area contributed by atoms with Gasteiger partial charge >= 0.3 is 0 Å². The van der Waals surface area contributed by atoms with Crippen LogP contribution >= 0.6 is 11.3 Å². The minimum atomic E-state index is -0.280. The molecule has 1 amide bonds. The number of fused-ring (bicyclic) bond motifs is 1. The predicted molar refractivity (Wildman–Crippen MR) is 90.7 cm³/mol.